The fourth-order valence-corrected chi connectivity index (χ4v) is 4.49. The maximum atomic E-state index is 5.05. The molecular weight excluding hydrogens is 346 g/mol. The summed E-state index contributed by atoms with van der Waals surface area (Å²) < 4.78 is 2.33. The molecule has 0 atom stereocenters. The summed E-state index contributed by atoms with van der Waals surface area (Å²) in [6.07, 6.45) is 4.90. The van der Waals surface area contributed by atoms with E-state index >= 15 is 0 Å². The second-order valence-electron chi connectivity index (χ2n) is 7.95. The Hall–Kier alpha value is -2.53. The van der Waals surface area contributed by atoms with Crippen molar-refractivity contribution in [3.63, 3.8) is 0 Å². The smallest absolute Gasteiger partial charge is 0.142 e. The average Bonchev–Trinajstić information content (AvgIpc) is 3.42. The van der Waals surface area contributed by atoms with Crippen LogP contribution in [0.15, 0.2) is 54.7 Å². The van der Waals surface area contributed by atoms with Gasteiger partial charge in [0.05, 0.1) is 0 Å². The van der Waals surface area contributed by atoms with Crippen LogP contribution in [0, 0.1) is 0 Å². The summed E-state index contributed by atoms with van der Waals surface area (Å²) in [5.41, 5.74) is 2.45. The Bertz CT molecular complexity index is 905. The molecule has 3 aromatic rings. The number of fused-ring (bicyclic) bond motifs is 1. The molecule has 2 aliphatic rings. The Morgan fingerprint density at radius 1 is 0.714 bits per heavy atom. The van der Waals surface area contributed by atoms with Crippen LogP contribution in [0.1, 0.15) is 12.8 Å². The van der Waals surface area contributed by atoms with Gasteiger partial charge in [0, 0.05) is 56.5 Å². The van der Waals surface area contributed by atoms with E-state index in [1.54, 1.807) is 0 Å². The summed E-state index contributed by atoms with van der Waals surface area (Å²) in [4.78, 5) is 12.5. The number of anilines is 2. The first-order valence-corrected chi connectivity index (χ1v) is 10.6. The van der Waals surface area contributed by atoms with Crippen molar-refractivity contribution in [3.05, 3.63) is 54.7 Å². The van der Waals surface area contributed by atoms with Crippen molar-refractivity contribution in [2.45, 2.75) is 19.4 Å². The van der Waals surface area contributed by atoms with E-state index in [0.717, 1.165) is 50.7 Å². The first-order valence-electron chi connectivity index (χ1n) is 10.6. The minimum absolute atomic E-state index is 1.02. The van der Waals surface area contributed by atoms with Crippen molar-refractivity contribution in [2.75, 3.05) is 55.6 Å². The summed E-state index contributed by atoms with van der Waals surface area (Å²) >= 11 is 0. The Kier molecular flexibility index (Phi) is 4.92. The van der Waals surface area contributed by atoms with E-state index in [1.807, 2.05) is 0 Å². The van der Waals surface area contributed by atoms with Gasteiger partial charge in [-0.25, -0.2) is 4.98 Å². The van der Waals surface area contributed by atoms with Gasteiger partial charge in [-0.15, -0.1) is 0 Å². The van der Waals surface area contributed by atoms with Gasteiger partial charge in [0.2, 0.25) is 0 Å². The van der Waals surface area contributed by atoms with Crippen molar-refractivity contribution in [2.24, 2.45) is 0 Å². The van der Waals surface area contributed by atoms with E-state index < -0.39 is 0 Å². The standard InChI is InChI=1S/C23H29N5/c1-2-6-21(7-3-1)26-16-18-27(19-17-26)22-9-8-20-10-13-28(23(20)24-22)15-14-25-11-4-5-12-25/h1-3,6-10,13H,4-5,11-12,14-19H2. The van der Waals surface area contributed by atoms with Gasteiger partial charge >= 0.3 is 0 Å². The molecule has 0 N–H and O–H groups in total. The molecule has 2 saturated heterocycles. The maximum Gasteiger partial charge on any atom is 0.142 e. The van der Waals surface area contributed by atoms with Crippen LogP contribution in [-0.2, 0) is 6.54 Å². The van der Waals surface area contributed by atoms with Crippen LogP contribution in [-0.4, -0.2) is 60.3 Å². The maximum absolute atomic E-state index is 5.05. The summed E-state index contributed by atoms with van der Waals surface area (Å²) in [7, 11) is 0. The third kappa shape index (κ3) is 3.59. The van der Waals surface area contributed by atoms with Crippen molar-refractivity contribution in [1.29, 1.82) is 0 Å². The number of aromatic nitrogens is 2. The fraction of sp³-hybridized carbons (Fsp3) is 0.435. The van der Waals surface area contributed by atoms with Crippen molar-refractivity contribution in [3.8, 4) is 0 Å². The molecule has 2 aliphatic heterocycles. The molecule has 0 amide bonds. The van der Waals surface area contributed by atoms with E-state index in [9.17, 15) is 0 Å². The molecular formula is C23H29N5. The number of nitrogens with zero attached hydrogens (tertiary/aromatic N) is 5. The Labute approximate surface area is 167 Å². The Morgan fingerprint density at radius 2 is 1.46 bits per heavy atom. The lowest BCUT2D eigenvalue weighted by Gasteiger charge is -2.36. The van der Waals surface area contributed by atoms with E-state index in [1.165, 1.54) is 37.0 Å². The zero-order chi connectivity index (χ0) is 18.8. The van der Waals surface area contributed by atoms with Crippen LogP contribution >= 0.6 is 0 Å². The highest BCUT2D eigenvalue weighted by molar-refractivity contribution is 5.78. The molecule has 28 heavy (non-hydrogen) atoms. The van der Waals surface area contributed by atoms with Gasteiger partial charge in [-0.1, -0.05) is 18.2 Å². The molecule has 0 saturated carbocycles. The molecule has 5 heteroatoms. The van der Waals surface area contributed by atoms with Crippen molar-refractivity contribution < 1.29 is 0 Å². The number of piperazine rings is 1. The van der Waals surface area contributed by atoms with Gasteiger partial charge in [0.15, 0.2) is 0 Å². The summed E-state index contributed by atoms with van der Waals surface area (Å²) in [5.74, 6) is 1.11. The van der Waals surface area contributed by atoms with E-state index in [0.29, 0.717) is 0 Å². The number of hydrogen-bond donors (Lipinski definition) is 0. The highest BCUT2D eigenvalue weighted by atomic mass is 15.3. The molecule has 5 nitrogen and oxygen atoms in total. The van der Waals surface area contributed by atoms with Crippen LogP contribution in [0.3, 0.4) is 0 Å². The van der Waals surface area contributed by atoms with Gasteiger partial charge in [-0.3, -0.25) is 0 Å². The minimum atomic E-state index is 1.02. The number of para-hydroxylation sites is 1. The first kappa shape index (κ1) is 17.6. The molecule has 146 valence electrons. The number of pyridine rings is 1. The second kappa shape index (κ2) is 7.84. The van der Waals surface area contributed by atoms with Crippen molar-refractivity contribution in [1.82, 2.24) is 14.5 Å². The molecule has 0 bridgehead atoms. The van der Waals surface area contributed by atoms with E-state index in [2.05, 4.69) is 74.0 Å². The minimum Gasteiger partial charge on any atom is -0.368 e. The highest BCUT2D eigenvalue weighted by Gasteiger charge is 2.19. The Morgan fingerprint density at radius 3 is 2.25 bits per heavy atom. The Balaban J connectivity index is 1.27. The quantitative estimate of drug-likeness (QED) is 0.683. The lowest BCUT2D eigenvalue weighted by molar-refractivity contribution is 0.324. The normalized spacial score (nSPS) is 18.3. The molecule has 1 aromatic carbocycles. The third-order valence-electron chi connectivity index (χ3n) is 6.18. The molecule has 5 rings (SSSR count). The number of hydrogen-bond acceptors (Lipinski definition) is 4. The molecule has 0 radical (unpaired) electrons. The van der Waals surface area contributed by atoms with Crippen LogP contribution in [0.5, 0.6) is 0 Å². The van der Waals surface area contributed by atoms with Gasteiger partial charge in [0.1, 0.15) is 11.5 Å². The number of likely N-dealkylation sites (tertiary alicyclic amines) is 1. The predicted octanol–water partition coefficient (Wildman–Crippen LogP) is 3.46. The molecule has 0 aliphatic carbocycles. The lowest BCUT2D eigenvalue weighted by Crippen LogP contribution is -2.46. The highest BCUT2D eigenvalue weighted by Crippen LogP contribution is 2.22. The van der Waals surface area contributed by atoms with Gasteiger partial charge in [-0.05, 0) is 56.3 Å². The SMILES string of the molecule is c1ccc(N2CCN(c3ccc4ccn(CCN5CCCC5)c4n3)CC2)cc1. The summed E-state index contributed by atoms with van der Waals surface area (Å²) in [6.45, 7) is 8.78. The van der Waals surface area contributed by atoms with Crippen molar-refractivity contribution >= 4 is 22.5 Å². The van der Waals surface area contributed by atoms with E-state index in [4.69, 9.17) is 4.98 Å². The van der Waals surface area contributed by atoms with E-state index in [-0.39, 0.29) is 0 Å². The number of rotatable bonds is 5. The molecule has 0 unspecified atom stereocenters. The van der Waals surface area contributed by atoms with Gasteiger partial charge in [-0.2, -0.15) is 0 Å². The largest absolute Gasteiger partial charge is 0.368 e. The summed E-state index contributed by atoms with van der Waals surface area (Å²) in [5, 5.41) is 1.24. The lowest BCUT2D eigenvalue weighted by atomic mass is 10.2. The summed E-state index contributed by atoms with van der Waals surface area (Å²) in [6, 6.07) is 17.3. The third-order valence-corrected chi connectivity index (χ3v) is 6.18. The zero-order valence-corrected chi connectivity index (χ0v) is 16.5. The molecule has 0 spiro atoms. The zero-order valence-electron chi connectivity index (χ0n) is 16.5. The van der Waals surface area contributed by atoms with Crippen LogP contribution in [0.2, 0.25) is 0 Å². The first-order chi connectivity index (χ1) is 13.9. The van der Waals surface area contributed by atoms with Crippen LogP contribution < -0.4 is 9.80 Å². The number of benzene rings is 1. The van der Waals surface area contributed by atoms with Gasteiger partial charge < -0.3 is 19.3 Å². The monoisotopic (exact) mass is 375 g/mol. The second-order valence-corrected chi connectivity index (χ2v) is 7.95. The average molecular weight is 376 g/mol. The molecule has 4 heterocycles. The molecule has 2 fully saturated rings. The fourth-order valence-electron chi connectivity index (χ4n) is 4.49. The van der Waals surface area contributed by atoms with Crippen LogP contribution in [0.4, 0.5) is 11.5 Å². The molecule has 2 aromatic heterocycles. The van der Waals surface area contributed by atoms with Gasteiger partial charge in [0.25, 0.3) is 0 Å². The topological polar surface area (TPSA) is 27.5 Å². The van der Waals surface area contributed by atoms with Crippen LogP contribution in [0.25, 0.3) is 11.0 Å². The predicted molar refractivity (Wildman–Crippen MR) is 116 cm³/mol.